The second kappa shape index (κ2) is 2.80. The van der Waals surface area contributed by atoms with Crippen LogP contribution in [-0.2, 0) is 6.61 Å². The number of hydrogen-bond donors (Lipinski definition) is 1. The Kier molecular flexibility index (Phi) is 2.03. The van der Waals surface area contributed by atoms with E-state index in [1.807, 2.05) is 0 Å². The number of hydrogen-bond acceptors (Lipinski definition) is 2. The molecule has 0 saturated heterocycles. The van der Waals surface area contributed by atoms with Crippen LogP contribution < -0.4 is 0 Å². The van der Waals surface area contributed by atoms with Crippen molar-refractivity contribution in [2.45, 2.75) is 6.61 Å². The van der Waals surface area contributed by atoms with E-state index in [0.717, 1.165) is 0 Å². The first-order chi connectivity index (χ1) is 4.34. The highest BCUT2D eigenvalue weighted by Gasteiger charge is 1.94. The Hall–Kier alpha value is -0.600. The maximum absolute atomic E-state index is 8.59. The molecule has 0 aliphatic heterocycles. The van der Waals surface area contributed by atoms with Gasteiger partial charge in [0.25, 0.3) is 0 Å². The molecule has 0 saturated carbocycles. The van der Waals surface area contributed by atoms with Gasteiger partial charge in [0.2, 0.25) is 0 Å². The third kappa shape index (κ3) is 1.40. The standard InChI is InChI=1S/C6H6ClNO/c7-6-1-2-8-3-5(6)4-9/h1-3,9H,4H2. The molecule has 1 heterocycles. The van der Waals surface area contributed by atoms with Crippen molar-refractivity contribution in [3.63, 3.8) is 0 Å². The molecule has 0 aliphatic carbocycles. The predicted octanol–water partition coefficient (Wildman–Crippen LogP) is 1.23. The Morgan fingerprint density at radius 3 is 2.89 bits per heavy atom. The van der Waals surface area contributed by atoms with E-state index < -0.39 is 0 Å². The second-order valence-electron chi connectivity index (χ2n) is 1.63. The Balaban J connectivity index is 3.01. The lowest BCUT2D eigenvalue weighted by atomic mass is 10.3. The van der Waals surface area contributed by atoms with Crippen LogP contribution in [0, 0.1) is 0 Å². The summed E-state index contributed by atoms with van der Waals surface area (Å²) in [6.07, 6.45) is 3.13. The van der Waals surface area contributed by atoms with Gasteiger partial charge in [0.1, 0.15) is 0 Å². The van der Waals surface area contributed by atoms with Crippen molar-refractivity contribution in [1.29, 1.82) is 0 Å². The Labute approximate surface area is 58.1 Å². The molecule has 0 radical (unpaired) electrons. The minimum Gasteiger partial charge on any atom is -0.392 e. The van der Waals surface area contributed by atoms with Gasteiger partial charge < -0.3 is 5.11 Å². The van der Waals surface area contributed by atoms with Crippen LogP contribution >= 0.6 is 11.6 Å². The van der Waals surface area contributed by atoms with Crippen molar-refractivity contribution in [3.8, 4) is 0 Å². The van der Waals surface area contributed by atoms with E-state index in [-0.39, 0.29) is 6.61 Å². The summed E-state index contributed by atoms with van der Waals surface area (Å²) in [4.78, 5) is 3.77. The average Bonchev–Trinajstić information content (AvgIpc) is 1.89. The van der Waals surface area contributed by atoms with E-state index in [0.29, 0.717) is 10.6 Å². The molecule has 0 aromatic carbocycles. The van der Waals surface area contributed by atoms with Crippen molar-refractivity contribution in [1.82, 2.24) is 4.98 Å². The SMILES string of the molecule is OCc1cnccc1Cl. The molecule has 2 nitrogen and oxygen atoms in total. The summed E-state index contributed by atoms with van der Waals surface area (Å²) in [6, 6.07) is 1.65. The van der Waals surface area contributed by atoms with Gasteiger partial charge in [0, 0.05) is 23.0 Å². The monoisotopic (exact) mass is 143 g/mol. The summed E-state index contributed by atoms with van der Waals surface area (Å²) >= 11 is 5.62. The van der Waals surface area contributed by atoms with Crippen LogP contribution in [0.3, 0.4) is 0 Å². The Morgan fingerprint density at radius 2 is 2.44 bits per heavy atom. The lowest BCUT2D eigenvalue weighted by Gasteiger charge is -1.94. The fraction of sp³-hybridized carbons (Fsp3) is 0.167. The first-order valence-electron chi connectivity index (χ1n) is 2.54. The second-order valence-corrected chi connectivity index (χ2v) is 2.03. The molecule has 0 unspecified atom stereocenters. The molecule has 0 spiro atoms. The van der Waals surface area contributed by atoms with E-state index >= 15 is 0 Å². The molecular formula is C6H6ClNO. The molecule has 0 fully saturated rings. The summed E-state index contributed by atoms with van der Waals surface area (Å²) < 4.78 is 0. The lowest BCUT2D eigenvalue weighted by molar-refractivity contribution is 0.281. The van der Waals surface area contributed by atoms with Gasteiger partial charge >= 0.3 is 0 Å². The molecule has 1 aromatic rings. The van der Waals surface area contributed by atoms with Gasteiger partial charge in [-0.15, -0.1) is 0 Å². The zero-order valence-corrected chi connectivity index (χ0v) is 5.47. The van der Waals surface area contributed by atoms with Crippen molar-refractivity contribution in [2.24, 2.45) is 0 Å². The summed E-state index contributed by atoms with van der Waals surface area (Å²) in [5.74, 6) is 0. The third-order valence-corrected chi connectivity index (χ3v) is 1.38. The van der Waals surface area contributed by atoms with E-state index in [1.165, 1.54) is 0 Å². The van der Waals surface area contributed by atoms with Crippen LogP contribution in [0.25, 0.3) is 0 Å². The van der Waals surface area contributed by atoms with Gasteiger partial charge in [0.05, 0.1) is 6.61 Å². The molecular weight excluding hydrogens is 138 g/mol. The summed E-state index contributed by atoms with van der Waals surface area (Å²) in [7, 11) is 0. The number of pyridine rings is 1. The van der Waals surface area contributed by atoms with Crippen LogP contribution in [0.1, 0.15) is 5.56 Å². The normalized spacial score (nSPS) is 9.56. The fourth-order valence-corrected chi connectivity index (χ4v) is 0.691. The van der Waals surface area contributed by atoms with Crippen molar-refractivity contribution in [2.75, 3.05) is 0 Å². The van der Waals surface area contributed by atoms with E-state index in [9.17, 15) is 0 Å². The first kappa shape index (κ1) is 6.52. The summed E-state index contributed by atoms with van der Waals surface area (Å²) in [6.45, 7) is -0.0489. The fourth-order valence-electron chi connectivity index (χ4n) is 0.527. The molecule has 0 atom stereocenters. The maximum Gasteiger partial charge on any atom is 0.0711 e. The number of aliphatic hydroxyl groups is 1. The minimum atomic E-state index is -0.0489. The van der Waals surface area contributed by atoms with Gasteiger partial charge in [-0.05, 0) is 6.07 Å². The number of rotatable bonds is 1. The largest absolute Gasteiger partial charge is 0.392 e. The van der Waals surface area contributed by atoms with Crippen LogP contribution in [-0.4, -0.2) is 10.1 Å². The molecule has 3 heteroatoms. The average molecular weight is 144 g/mol. The third-order valence-electron chi connectivity index (χ3n) is 1.01. The Bertz CT molecular complexity index is 202. The van der Waals surface area contributed by atoms with Crippen LogP contribution in [0.5, 0.6) is 0 Å². The maximum atomic E-state index is 8.59. The number of aliphatic hydroxyl groups excluding tert-OH is 1. The van der Waals surface area contributed by atoms with Gasteiger partial charge in [-0.25, -0.2) is 0 Å². The molecule has 0 amide bonds. The number of halogens is 1. The highest BCUT2D eigenvalue weighted by Crippen LogP contribution is 2.12. The molecule has 1 rings (SSSR count). The van der Waals surface area contributed by atoms with E-state index in [4.69, 9.17) is 16.7 Å². The van der Waals surface area contributed by atoms with Gasteiger partial charge in [-0.1, -0.05) is 11.6 Å². The Morgan fingerprint density at radius 1 is 1.67 bits per heavy atom. The summed E-state index contributed by atoms with van der Waals surface area (Å²) in [5.41, 5.74) is 0.666. The highest BCUT2D eigenvalue weighted by atomic mass is 35.5. The minimum absolute atomic E-state index is 0.0489. The van der Waals surface area contributed by atoms with Gasteiger partial charge in [-0.2, -0.15) is 0 Å². The van der Waals surface area contributed by atoms with Crippen LogP contribution in [0.2, 0.25) is 5.02 Å². The molecule has 0 aliphatic rings. The van der Waals surface area contributed by atoms with Gasteiger partial charge in [-0.3, -0.25) is 4.98 Å². The smallest absolute Gasteiger partial charge is 0.0711 e. The van der Waals surface area contributed by atoms with Crippen molar-refractivity contribution >= 4 is 11.6 Å². The topological polar surface area (TPSA) is 33.1 Å². The predicted molar refractivity (Wildman–Crippen MR) is 35.2 cm³/mol. The van der Waals surface area contributed by atoms with E-state index in [2.05, 4.69) is 4.98 Å². The molecule has 48 valence electrons. The first-order valence-corrected chi connectivity index (χ1v) is 2.91. The number of nitrogens with zero attached hydrogens (tertiary/aromatic N) is 1. The van der Waals surface area contributed by atoms with Gasteiger partial charge in [0.15, 0.2) is 0 Å². The molecule has 1 aromatic heterocycles. The number of aromatic nitrogens is 1. The molecule has 1 N–H and O–H groups in total. The highest BCUT2D eigenvalue weighted by molar-refractivity contribution is 6.31. The van der Waals surface area contributed by atoms with Crippen molar-refractivity contribution < 1.29 is 5.11 Å². The lowest BCUT2D eigenvalue weighted by Crippen LogP contribution is -1.84. The zero-order chi connectivity index (χ0) is 6.69. The van der Waals surface area contributed by atoms with Crippen molar-refractivity contribution in [3.05, 3.63) is 29.0 Å². The quantitative estimate of drug-likeness (QED) is 0.642. The molecule has 0 bridgehead atoms. The summed E-state index contributed by atoms with van der Waals surface area (Å²) in [5, 5.41) is 9.16. The van der Waals surface area contributed by atoms with Crippen LogP contribution in [0.15, 0.2) is 18.5 Å². The molecule has 9 heavy (non-hydrogen) atoms. The van der Waals surface area contributed by atoms with E-state index in [1.54, 1.807) is 18.5 Å². The van der Waals surface area contributed by atoms with Crippen LogP contribution in [0.4, 0.5) is 0 Å². The zero-order valence-electron chi connectivity index (χ0n) is 4.71.